The first-order valence-corrected chi connectivity index (χ1v) is 7.70. The molecule has 2 heterocycles. The molecule has 24 heavy (non-hydrogen) atoms. The van der Waals surface area contributed by atoms with Gasteiger partial charge in [0.25, 0.3) is 5.89 Å². The molecule has 0 unspecified atom stereocenters. The predicted octanol–water partition coefficient (Wildman–Crippen LogP) is 5.02. The molecule has 5 nitrogen and oxygen atoms in total. The van der Waals surface area contributed by atoms with Crippen LogP contribution in [0, 0.1) is 6.92 Å². The van der Waals surface area contributed by atoms with Crippen LogP contribution in [0.15, 0.2) is 63.6 Å². The van der Waals surface area contributed by atoms with Crippen LogP contribution in [0.3, 0.4) is 0 Å². The summed E-state index contributed by atoms with van der Waals surface area (Å²) < 4.78 is 10.6. The van der Waals surface area contributed by atoms with Crippen molar-refractivity contribution in [3.05, 3.63) is 65.2 Å². The smallest absolute Gasteiger partial charge is 0.296 e. The second kappa shape index (κ2) is 5.94. The van der Waals surface area contributed by atoms with Crippen LogP contribution in [0.25, 0.3) is 34.3 Å². The molecule has 0 N–H and O–H groups in total. The summed E-state index contributed by atoms with van der Waals surface area (Å²) in [5, 5.41) is 8.69. The molecule has 4 rings (SSSR count). The SMILES string of the molecule is Cc1ccc(-c2cc(-c3nc(-c4ccc(Cl)cc4)no3)on2)cc1. The number of aromatic nitrogens is 3. The first-order chi connectivity index (χ1) is 11.7. The largest absolute Gasteiger partial charge is 0.350 e. The monoisotopic (exact) mass is 337 g/mol. The second-order valence-corrected chi connectivity index (χ2v) is 5.81. The van der Waals surface area contributed by atoms with Crippen LogP contribution >= 0.6 is 11.6 Å². The Kier molecular flexibility index (Phi) is 3.63. The summed E-state index contributed by atoms with van der Waals surface area (Å²) in [5.41, 5.74) is 3.68. The molecule has 0 spiro atoms. The first-order valence-electron chi connectivity index (χ1n) is 7.33. The zero-order chi connectivity index (χ0) is 16.5. The summed E-state index contributed by atoms with van der Waals surface area (Å²) in [4.78, 5) is 4.35. The van der Waals surface area contributed by atoms with Crippen LogP contribution < -0.4 is 0 Å². The van der Waals surface area contributed by atoms with Gasteiger partial charge in [0.1, 0.15) is 5.69 Å². The van der Waals surface area contributed by atoms with Crippen molar-refractivity contribution in [2.45, 2.75) is 6.92 Å². The highest BCUT2D eigenvalue weighted by molar-refractivity contribution is 6.30. The third kappa shape index (κ3) is 2.81. The first kappa shape index (κ1) is 14.7. The van der Waals surface area contributed by atoms with Gasteiger partial charge >= 0.3 is 0 Å². The molecule has 2 aromatic heterocycles. The highest BCUT2D eigenvalue weighted by atomic mass is 35.5. The predicted molar refractivity (Wildman–Crippen MR) is 90.4 cm³/mol. The molecule has 0 bridgehead atoms. The molecule has 0 saturated heterocycles. The quantitative estimate of drug-likeness (QED) is 0.525. The van der Waals surface area contributed by atoms with Crippen molar-refractivity contribution in [1.82, 2.24) is 15.3 Å². The number of benzene rings is 2. The maximum atomic E-state index is 5.88. The van der Waals surface area contributed by atoms with E-state index in [0.717, 1.165) is 16.8 Å². The standard InChI is InChI=1S/C18H12ClN3O2/c1-11-2-4-12(5-3-11)15-10-16(23-21-15)18-20-17(22-24-18)13-6-8-14(19)9-7-13/h2-10H,1H3. The van der Waals surface area contributed by atoms with E-state index in [1.54, 1.807) is 18.2 Å². The van der Waals surface area contributed by atoms with Crippen LogP contribution in [-0.2, 0) is 0 Å². The molecule has 0 fully saturated rings. The van der Waals surface area contributed by atoms with Gasteiger partial charge in [-0.1, -0.05) is 51.7 Å². The molecule has 6 heteroatoms. The molecular formula is C18H12ClN3O2. The molecule has 0 saturated carbocycles. The summed E-state index contributed by atoms with van der Waals surface area (Å²) >= 11 is 5.88. The molecule has 0 aliphatic carbocycles. The second-order valence-electron chi connectivity index (χ2n) is 5.37. The van der Waals surface area contributed by atoms with E-state index >= 15 is 0 Å². The molecule has 0 radical (unpaired) electrons. The Morgan fingerprint density at radius 1 is 0.833 bits per heavy atom. The number of nitrogens with zero attached hydrogens (tertiary/aromatic N) is 3. The molecule has 2 aromatic carbocycles. The Bertz CT molecular complexity index is 890. The Morgan fingerprint density at radius 2 is 1.54 bits per heavy atom. The third-order valence-corrected chi connectivity index (χ3v) is 3.85. The van der Waals surface area contributed by atoms with Gasteiger partial charge < -0.3 is 9.05 Å². The van der Waals surface area contributed by atoms with E-state index in [1.807, 2.05) is 43.3 Å². The van der Waals surface area contributed by atoms with E-state index in [0.29, 0.717) is 16.6 Å². The Labute approximate surface area is 142 Å². The fourth-order valence-electron chi connectivity index (χ4n) is 2.28. The molecule has 0 amide bonds. The molecule has 0 atom stereocenters. The van der Waals surface area contributed by atoms with Crippen molar-refractivity contribution in [2.24, 2.45) is 0 Å². The van der Waals surface area contributed by atoms with Gasteiger partial charge in [-0.05, 0) is 31.2 Å². The summed E-state index contributed by atoms with van der Waals surface area (Å²) in [6.45, 7) is 2.04. The van der Waals surface area contributed by atoms with E-state index < -0.39 is 0 Å². The van der Waals surface area contributed by atoms with Crippen molar-refractivity contribution in [3.8, 4) is 34.3 Å². The van der Waals surface area contributed by atoms with E-state index in [4.69, 9.17) is 20.6 Å². The number of halogens is 1. The minimum Gasteiger partial charge on any atom is -0.350 e. The lowest BCUT2D eigenvalue weighted by atomic mass is 10.1. The van der Waals surface area contributed by atoms with E-state index in [9.17, 15) is 0 Å². The van der Waals surface area contributed by atoms with Crippen molar-refractivity contribution in [3.63, 3.8) is 0 Å². The molecule has 0 aliphatic rings. The van der Waals surface area contributed by atoms with Crippen molar-refractivity contribution < 1.29 is 9.05 Å². The van der Waals surface area contributed by atoms with Gasteiger partial charge in [-0.3, -0.25) is 0 Å². The Hall–Kier alpha value is -2.92. The zero-order valence-electron chi connectivity index (χ0n) is 12.7. The average Bonchev–Trinajstić information content (AvgIpc) is 3.25. The summed E-state index contributed by atoms with van der Waals surface area (Å²) in [5.74, 6) is 1.18. The van der Waals surface area contributed by atoms with Crippen LogP contribution in [-0.4, -0.2) is 15.3 Å². The molecule has 118 valence electrons. The van der Waals surface area contributed by atoms with Gasteiger partial charge in [-0.25, -0.2) is 0 Å². The van der Waals surface area contributed by atoms with E-state index in [1.165, 1.54) is 5.56 Å². The van der Waals surface area contributed by atoms with Gasteiger partial charge in [0.05, 0.1) is 0 Å². The fourth-order valence-corrected chi connectivity index (χ4v) is 2.40. The van der Waals surface area contributed by atoms with Crippen LogP contribution in [0.1, 0.15) is 5.56 Å². The normalized spacial score (nSPS) is 10.9. The lowest BCUT2D eigenvalue weighted by Gasteiger charge is -1.95. The molecular weight excluding hydrogens is 326 g/mol. The molecule has 0 aliphatic heterocycles. The Morgan fingerprint density at radius 3 is 2.29 bits per heavy atom. The maximum Gasteiger partial charge on any atom is 0.296 e. The van der Waals surface area contributed by atoms with Gasteiger partial charge in [0, 0.05) is 22.2 Å². The minimum absolute atomic E-state index is 0.283. The minimum atomic E-state index is 0.283. The third-order valence-electron chi connectivity index (χ3n) is 3.60. The fraction of sp³-hybridized carbons (Fsp3) is 0.0556. The van der Waals surface area contributed by atoms with Crippen LogP contribution in [0.5, 0.6) is 0 Å². The summed E-state index contributed by atoms with van der Waals surface area (Å²) in [6, 6.07) is 17.0. The highest BCUT2D eigenvalue weighted by Gasteiger charge is 2.16. The average molecular weight is 338 g/mol. The van der Waals surface area contributed by atoms with Crippen LogP contribution in [0.2, 0.25) is 5.02 Å². The topological polar surface area (TPSA) is 65.0 Å². The van der Waals surface area contributed by atoms with Crippen molar-refractivity contribution in [1.29, 1.82) is 0 Å². The van der Waals surface area contributed by atoms with Crippen molar-refractivity contribution in [2.75, 3.05) is 0 Å². The van der Waals surface area contributed by atoms with E-state index in [2.05, 4.69) is 15.3 Å². The summed E-state index contributed by atoms with van der Waals surface area (Å²) in [6.07, 6.45) is 0. The zero-order valence-corrected chi connectivity index (χ0v) is 13.5. The van der Waals surface area contributed by atoms with Gasteiger partial charge in [-0.15, -0.1) is 0 Å². The van der Waals surface area contributed by atoms with E-state index in [-0.39, 0.29) is 5.89 Å². The number of rotatable bonds is 3. The van der Waals surface area contributed by atoms with Gasteiger partial charge in [0.15, 0.2) is 0 Å². The summed E-state index contributed by atoms with van der Waals surface area (Å²) in [7, 11) is 0. The van der Waals surface area contributed by atoms with Crippen LogP contribution in [0.4, 0.5) is 0 Å². The Balaban J connectivity index is 1.63. The number of hydrogen-bond donors (Lipinski definition) is 0. The number of aryl methyl sites for hydroxylation is 1. The number of hydrogen-bond acceptors (Lipinski definition) is 5. The molecule has 4 aromatic rings. The highest BCUT2D eigenvalue weighted by Crippen LogP contribution is 2.27. The van der Waals surface area contributed by atoms with Crippen molar-refractivity contribution >= 4 is 11.6 Å². The lowest BCUT2D eigenvalue weighted by Crippen LogP contribution is -1.80. The maximum absolute atomic E-state index is 5.88. The van der Waals surface area contributed by atoms with Gasteiger partial charge in [-0.2, -0.15) is 4.98 Å². The lowest BCUT2D eigenvalue weighted by molar-refractivity contribution is 0.386. The van der Waals surface area contributed by atoms with Gasteiger partial charge in [0.2, 0.25) is 11.6 Å².